The van der Waals surface area contributed by atoms with E-state index in [0.29, 0.717) is 16.1 Å². The Balaban J connectivity index is 1.67. The highest BCUT2D eigenvalue weighted by Gasteiger charge is 2.19. The maximum Gasteiger partial charge on any atom is 0.262 e. The van der Waals surface area contributed by atoms with Gasteiger partial charge in [0, 0.05) is 19.1 Å². The van der Waals surface area contributed by atoms with Gasteiger partial charge in [0.25, 0.3) is 5.56 Å². The summed E-state index contributed by atoms with van der Waals surface area (Å²) >= 11 is 1.21. The topological polar surface area (TPSA) is 84.3 Å². The predicted octanol–water partition coefficient (Wildman–Crippen LogP) is 1.81. The first-order valence-electron chi connectivity index (χ1n) is 9.16. The lowest BCUT2D eigenvalue weighted by atomic mass is 10.2. The van der Waals surface area contributed by atoms with Crippen molar-refractivity contribution in [2.24, 2.45) is 0 Å². The van der Waals surface area contributed by atoms with Gasteiger partial charge in [0.05, 0.1) is 23.2 Å². The van der Waals surface area contributed by atoms with Gasteiger partial charge in [0.2, 0.25) is 11.8 Å². The fraction of sp³-hybridized carbons (Fsp3) is 0.474. The van der Waals surface area contributed by atoms with Crippen molar-refractivity contribution in [2.75, 3.05) is 25.4 Å². The molecule has 1 aromatic heterocycles. The van der Waals surface area contributed by atoms with Crippen LogP contribution in [0.25, 0.3) is 10.9 Å². The molecule has 1 aromatic carbocycles. The summed E-state index contributed by atoms with van der Waals surface area (Å²) < 4.78 is 1.61. The fourth-order valence-electron chi connectivity index (χ4n) is 3.12. The van der Waals surface area contributed by atoms with Crippen molar-refractivity contribution in [1.29, 1.82) is 0 Å². The van der Waals surface area contributed by atoms with Crippen LogP contribution in [0.3, 0.4) is 0 Å². The van der Waals surface area contributed by atoms with Crippen LogP contribution in [-0.2, 0) is 9.59 Å². The molecule has 1 saturated heterocycles. The monoisotopic (exact) mass is 388 g/mol. The number of aromatic nitrogens is 2. The number of benzene rings is 1. The molecule has 0 spiro atoms. The number of hydrogen-bond acceptors (Lipinski definition) is 5. The van der Waals surface area contributed by atoms with Crippen LogP contribution in [0, 0.1) is 0 Å². The average molecular weight is 388 g/mol. The van der Waals surface area contributed by atoms with Crippen molar-refractivity contribution in [3.05, 3.63) is 34.6 Å². The van der Waals surface area contributed by atoms with Gasteiger partial charge in [-0.1, -0.05) is 23.9 Å². The van der Waals surface area contributed by atoms with Crippen molar-refractivity contribution in [2.45, 2.75) is 37.9 Å². The Labute approximate surface area is 162 Å². The van der Waals surface area contributed by atoms with Crippen LogP contribution in [0.4, 0.5) is 0 Å². The first kappa shape index (κ1) is 19.4. The Bertz CT molecular complexity index is 903. The molecule has 0 aliphatic carbocycles. The number of nitrogens with zero attached hydrogens (tertiary/aromatic N) is 3. The molecule has 3 rings (SSSR count). The van der Waals surface area contributed by atoms with Gasteiger partial charge in [0.1, 0.15) is 0 Å². The normalized spacial score (nSPS) is 14.1. The van der Waals surface area contributed by atoms with Crippen molar-refractivity contribution in [3.63, 3.8) is 0 Å². The highest BCUT2D eigenvalue weighted by molar-refractivity contribution is 7.99. The van der Waals surface area contributed by atoms with Gasteiger partial charge >= 0.3 is 0 Å². The molecule has 144 valence electrons. The average Bonchev–Trinajstić information content (AvgIpc) is 3.19. The zero-order chi connectivity index (χ0) is 19.4. The van der Waals surface area contributed by atoms with E-state index in [4.69, 9.17) is 0 Å². The second-order valence-electron chi connectivity index (χ2n) is 6.83. The zero-order valence-electron chi connectivity index (χ0n) is 15.6. The van der Waals surface area contributed by atoms with Gasteiger partial charge in [-0.3, -0.25) is 19.0 Å². The molecule has 0 atom stereocenters. The molecule has 2 heterocycles. The first-order valence-corrected chi connectivity index (χ1v) is 10.1. The quantitative estimate of drug-likeness (QED) is 0.603. The number of amides is 2. The van der Waals surface area contributed by atoms with E-state index in [1.807, 2.05) is 26.0 Å². The van der Waals surface area contributed by atoms with Crippen molar-refractivity contribution < 1.29 is 9.59 Å². The SMILES string of the molecule is CC(C)n1c(SCC(=O)NCC(=O)N2CCCC2)nc2ccccc2c1=O. The van der Waals surface area contributed by atoms with Crippen LogP contribution in [0.1, 0.15) is 32.7 Å². The highest BCUT2D eigenvalue weighted by atomic mass is 32.2. The molecule has 0 bridgehead atoms. The Morgan fingerprint density at radius 3 is 2.63 bits per heavy atom. The highest BCUT2D eigenvalue weighted by Crippen LogP contribution is 2.20. The van der Waals surface area contributed by atoms with Gasteiger partial charge in [-0.05, 0) is 38.8 Å². The third-order valence-electron chi connectivity index (χ3n) is 4.52. The maximum absolute atomic E-state index is 12.8. The molecule has 0 radical (unpaired) electrons. The van der Waals surface area contributed by atoms with E-state index in [-0.39, 0.29) is 35.7 Å². The van der Waals surface area contributed by atoms with Crippen molar-refractivity contribution >= 4 is 34.5 Å². The van der Waals surface area contributed by atoms with Gasteiger partial charge in [-0.25, -0.2) is 4.98 Å². The molecule has 8 heteroatoms. The number of carbonyl (C=O) groups excluding carboxylic acids is 2. The van der Waals surface area contributed by atoms with Gasteiger partial charge in [0.15, 0.2) is 5.16 Å². The number of thioether (sulfide) groups is 1. The van der Waals surface area contributed by atoms with E-state index < -0.39 is 0 Å². The predicted molar refractivity (Wildman–Crippen MR) is 106 cm³/mol. The Morgan fingerprint density at radius 2 is 1.93 bits per heavy atom. The van der Waals surface area contributed by atoms with Crippen LogP contribution in [-0.4, -0.2) is 51.7 Å². The molecule has 27 heavy (non-hydrogen) atoms. The maximum atomic E-state index is 12.8. The standard InChI is InChI=1S/C19H24N4O3S/c1-13(2)23-18(26)14-7-3-4-8-15(14)21-19(23)27-12-16(24)20-11-17(25)22-9-5-6-10-22/h3-4,7-8,13H,5-6,9-12H2,1-2H3,(H,20,24). The minimum absolute atomic E-state index is 0.0154. The molecular formula is C19H24N4O3S. The summed E-state index contributed by atoms with van der Waals surface area (Å²) in [7, 11) is 0. The molecule has 2 amide bonds. The van der Waals surface area contributed by atoms with E-state index in [1.54, 1.807) is 21.6 Å². The van der Waals surface area contributed by atoms with Crippen molar-refractivity contribution in [3.8, 4) is 0 Å². The smallest absolute Gasteiger partial charge is 0.262 e. The summed E-state index contributed by atoms with van der Waals surface area (Å²) in [4.78, 5) is 43.2. The molecular weight excluding hydrogens is 364 g/mol. The number of fused-ring (bicyclic) bond motifs is 1. The summed E-state index contributed by atoms with van der Waals surface area (Å²) in [5, 5.41) is 3.74. The number of rotatable bonds is 6. The van der Waals surface area contributed by atoms with Crippen LogP contribution < -0.4 is 10.9 Å². The second-order valence-corrected chi connectivity index (χ2v) is 7.78. The number of carbonyl (C=O) groups is 2. The third kappa shape index (κ3) is 4.50. The minimum Gasteiger partial charge on any atom is -0.346 e. The lowest BCUT2D eigenvalue weighted by Crippen LogP contribution is -2.39. The zero-order valence-corrected chi connectivity index (χ0v) is 16.4. The summed E-state index contributed by atoms with van der Waals surface area (Å²) in [6.45, 7) is 5.38. The molecule has 2 aromatic rings. The van der Waals surface area contributed by atoms with E-state index in [0.717, 1.165) is 25.9 Å². The third-order valence-corrected chi connectivity index (χ3v) is 5.47. The summed E-state index contributed by atoms with van der Waals surface area (Å²) in [6.07, 6.45) is 2.05. The largest absolute Gasteiger partial charge is 0.346 e. The molecule has 1 aliphatic rings. The molecule has 1 fully saturated rings. The molecule has 7 nitrogen and oxygen atoms in total. The Kier molecular flexibility index (Phi) is 6.15. The number of para-hydroxylation sites is 1. The minimum atomic E-state index is -0.245. The van der Waals surface area contributed by atoms with E-state index in [1.165, 1.54) is 11.8 Å². The van der Waals surface area contributed by atoms with Crippen LogP contribution in [0.5, 0.6) is 0 Å². The van der Waals surface area contributed by atoms with Crippen molar-refractivity contribution in [1.82, 2.24) is 19.8 Å². The summed E-state index contributed by atoms with van der Waals surface area (Å²) in [5.74, 6) is -0.191. The summed E-state index contributed by atoms with van der Waals surface area (Å²) in [6, 6.07) is 7.12. The second kappa shape index (κ2) is 8.56. The molecule has 1 N–H and O–H groups in total. The molecule has 0 unspecified atom stereocenters. The van der Waals surface area contributed by atoms with Crippen LogP contribution in [0.2, 0.25) is 0 Å². The summed E-state index contributed by atoms with van der Waals surface area (Å²) in [5.41, 5.74) is 0.509. The van der Waals surface area contributed by atoms with E-state index >= 15 is 0 Å². The lowest BCUT2D eigenvalue weighted by molar-refractivity contribution is -0.131. The number of likely N-dealkylation sites (tertiary alicyclic amines) is 1. The number of hydrogen-bond donors (Lipinski definition) is 1. The van der Waals surface area contributed by atoms with Crippen LogP contribution in [0.15, 0.2) is 34.2 Å². The van der Waals surface area contributed by atoms with Gasteiger partial charge in [-0.15, -0.1) is 0 Å². The Morgan fingerprint density at radius 1 is 1.22 bits per heavy atom. The lowest BCUT2D eigenvalue weighted by Gasteiger charge is -2.17. The molecule has 0 saturated carbocycles. The Hall–Kier alpha value is -2.35. The first-order chi connectivity index (χ1) is 13.0. The van der Waals surface area contributed by atoms with Gasteiger partial charge < -0.3 is 10.2 Å². The van der Waals surface area contributed by atoms with Gasteiger partial charge in [-0.2, -0.15) is 0 Å². The van der Waals surface area contributed by atoms with E-state index in [2.05, 4.69) is 10.3 Å². The number of nitrogens with one attached hydrogen (secondary N) is 1. The fourth-order valence-corrected chi connectivity index (χ4v) is 4.07. The van der Waals surface area contributed by atoms with E-state index in [9.17, 15) is 14.4 Å². The van der Waals surface area contributed by atoms with Crippen LogP contribution >= 0.6 is 11.8 Å². The molecule has 1 aliphatic heterocycles.